The monoisotopic (exact) mass is 411 g/mol. The van der Waals surface area contributed by atoms with E-state index in [0.717, 1.165) is 5.56 Å². The Kier molecular flexibility index (Phi) is 3.80. The quantitative estimate of drug-likeness (QED) is 0.616. The molecule has 1 amide bonds. The van der Waals surface area contributed by atoms with Gasteiger partial charge in [0, 0.05) is 42.0 Å². The first-order valence-electron chi connectivity index (χ1n) is 9.43. The first kappa shape index (κ1) is 18.2. The van der Waals surface area contributed by atoms with Gasteiger partial charge in [-0.25, -0.2) is 9.18 Å². The van der Waals surface area contributed by atoms with Crippen LogP contribution in [0, 0.1) is 5.82 Å². The number of likely N-dealkylation sites (tertiary alicyclic amines) is 1. The molecule has 2 fully saturated rings. The second-order valence-corrected chi connectivity index (χ2v) is 8.36. The number of ether oxygens (including phenoxy) is 1. The number of rotatable bonds is 3. The van der Waals surface area contributed by atoms with Crippen LogP contribution in [0.3, 0.4) is 0 Å². The standard InChI is InChI=1S/C21H18FN3O3S/c22-16-9-12(17(23)29)1-2-15(16)20(4-5-20)19(27)25-8-6-21(11-25)14-3-7-24-10-13(14)18(26)28-21/h1-3,7,9-10H,4-6,8,11H2,(H2,23,29). The van der Waals surface area contributed by atoms with Crippen molar-refractivity contribution in [1.29, 1.82) is 0 Å². The molecule has 2 aliphatic heterocycles. The smallest absolute Gasteiger partial charge is 0.341 e. The molecule has 0 bridgehead atoms. The Hall–Kier alpha value is -2.87. The third kappa shape index (κ3) is 2.58. The molecule has 6 nitrogen and oxygen atoms in total. The van der Waals surface area contributed by atoms with Crippen molar-refractivity contribution in [3.63, 3.8) is 0 Å². The molecule has 148 valence electrons. The lowest BCUT2D eigenvalue weighted by Crippen LogP contribution is -2.40. The van der Waals surface area contributed by atoms with Crippen LogP contribution >= 0.6 is 12.2 Å². The van der Waals surface area contributed by atoms with Crippen molar-refractivity contribution < 1.29 is 18.7 Å². The van der Waals surface area contributed by atoms with Crippen LogP contribution in [0.15, 0.2) is 36.7 Å². The highest BCUT2D eigenvalue weighted by Crippen LogP contribution is 2.52. The van der Waals surface area contributed by atoms with Crippen LogP contribution in [0.25, 0.3) is 0 Å². The summed E-state index contributed by atoms with van der Waals surface area (Å²) in [4.78, 5) is 31.4. The van der Waals surface area contributed by atoms with Gasteiger partial charge < -0.3 is 15.4 Å². The van der Waals surface area contributed by atoms with E-state index in [1.54, 1.807) is 29.3 Å². The minimum atomic E-state index is -0.867. The molecule has 1 aliphatic carbocycles. The SMILES string of the molecule is NC(=S)c1ccc(C2(C(=O)N3CCC4(C3)OC(=O)c3cnccc34)CC2)c(F)c1. The predicted molar refractivity (Wildman–Crippen MR) is 106 cm³/mol. The number of thiocarbonyl (C=S) groups is 1. The molecule has 2 N–H and O–H groups in total. The molecule has 0 radical (unpaired) electrons. The fourth-order valence-corrected chi connectivity index (χ4v) is 4.71. The van der Waals surface area contributed by atoms with Crippen LogP contribution in [0.5, 0.6) is 0 Å². The summed E-state index contributed by atoms with van der Waals surface area (Å²) in [6.45, 7) is 0.713. The van der Waals surface area contributed by atoms with Gasteiger partial charge in [-0.05, 0) is 25.0 Å². The number of carbonyl (C=O) groups is 2. The minimum absolute atomic E-state index is 0.115. The van der Waals surface area contributed by atoms with Gasteiger partial charge in [0.15, 0.2) is 5.60 Å². The van der Waals surface area contributed by atoms with Gasteiger partial charge in [-0.15, -0.1) is 0 Å². The molecular formula is C21H18FN3O3S. The molecule has 1 atom stereocenters. The molecule has 2 aromatic rings. The molecule has 8 heteroatoms. The molecule has 5 rings (SSSR count). The molecule has 1 unspecified atom stereocenters. The summed E-state index contributed by atoms with van der Waals surface area (Å²) in [5.74, 6) is -1.02. The van der Waals surface area contributed by atoms with Crippen LogP contribution in [0.4, 0.5) is 4.39 Å². The van der Waals surface area contributed by atoms with Gasteiger partial charge in [-0.3, -0.25) is 9.78 Å². The van der Waals surface area contributed by atoms with Crippen LogP contribution in [-0.2, 0) is 20.5 Å². The molecule has 1 saturated heterocycles. The third-order valence-electron chi connectivity index (χ3n) is 6.27. The number of fused-ring (bicyclic) bond motifs is 2. The van der Waals surface area contributed by atoms with E-state index in [1.807, 2.05) is 0 Å². The normalized spacial score (nSPS) is 23.8. The molecule has 1 saturated carbocycles. The van der Waals surface area contributed by atoms with Crippen molar-refractivity contribution in [2.24, 2.45) is 5.73 Å². The van der Waals surface area contributed by atoms with E-state index in [9.17, 15) is 14.0 Å². The Morgan fingerprint density at radius 1 is 1.24 bits per heavy atom. The van der Waals surface area contributed by atoms with Crippen molar-refractivity contribution in [2.75, 3.05) is 13.1 Å². The van der Waals surface area contributed by atoms with E-state index in [-0.39, 0.29) is 17.4 Å². The maximum atomic E-state index is 14.8. The van der Waals surface area contributed by atoms with E-state index in [1.165, 1.54) is 12.3 Å². The number of pyridine rings is 1. The number of halogens is 1. The first-order chi connectivity index (χ1) is 13.9. The maximum Gasteiger partial charge on any atom is 0.341 e. The fraction of sp³-hybridized carbons (Fsp3) is 0.333. The summed E-state index contributed by atoms with van der Waals surface area (Å²) in [5, 5.41) is 0. The number of nitrogens with zero attached hydrogens (tertiary/aromatic N) is 2. The van der Waals surface area contributed by atoms with Crippen molar-refractivity contribution in [2.45, 2.75) is 30.3 Å². The maximum absolute atomic E-state index is 14.8. The molecule has 1 aromatic carbocycles. The minimum Gasteiger partial charge on any atom is -0.449 e. The van der Waals surface area contributed by atoms with Gasteiger partial charge in [-0.2, -0.15) is 0 Å². The Morgan fingerprint density at radius 2 is 2.03 bits per heavy atom. The number of benzene rings is 1. The summed E-state index contributed by atoms with van der Waals surface area (Å²) >= 11 is 4.90. The number of hydrogen-bond acceptors (Lipinski definition) is 5. The second-order valence-electron chi connectivity index (χ2n) is 7.92. The van der Waals surface area contributed by atoms with Gasteiger partial charge in [0.2, 0.25) is 5.91 Å². The van der Waals surface area contributed by atoms with Gasteiger partial charge >= 0.3 is 5.97 Å². The second kappa shape index (κ2) is 6.06. The van der Waals surface area contributed by atoms with Crippen molar-refractivity contribution >= 4 is 29.1 Å². The molecule has 1 spiro atoms. The highest BCUT2D eigenvalue weighted by atomic mass is 32.1. The Morgan fingerprint density at radius 3 is 2.72 bits per heavy atom. The molecule has 3 heterocycles. The number of hydrogen-bond donors (Lipinski definition) is 1. The third-order valence-corrected chi connectivity index (χ3v) is 6.50. The number of aromatic nitrogens is 1. The van der Waals surface area contributed by atoms with E-state index in [2.05, 4.69) is 4.98 Å². The molecule has 29 heavy (non-hydrogen) atoms. The van der Waals surface area contributed by atoms with Crippen LogP contribution in [0.1, 0.15) is 46.3 Å². The van der Waals surface area contributed by atoms with E-state index < -0.39 is 22.8 Å². The largest absolute Gasteiger partial charge is 0.449 e. The average molecular weight is 411 g/mol. The summed E-state index contributed by atoms with van der Waals surface area (Å²) in [7, 11) is 0. The summed E-state index contributed by atoms with van der Waals surface area (Å²) in [6.07, 6.45) is 4.80. The fourth-order valence-electron chi connectivity index (χ4n) is 4.58. The van der Waals surface area contributed by atoms with Crippen molar-refractivity contribution in [3.05, 3.63) is 64.7 Å². The highest BCUT2D eigenvalue weighted by molar-refractivity contribution is 7.80. The molecule has 3 aliphatic rings. The number of amides is 1. The average Bonchev–Trinajstić information content (AvgIpc) is 3.33. The van der Waals surface area contributed by atoms with Gasteiger partial charge in [-0.1, -0.05) is 24.4 Å². The summed E-state index contributed by atoms with van der Waals surface area (Å²) < 4.78 is 20.5. The topological polar surface area (TPSA) is 85.5 Å². The lowest BCUT2D eigenvalue weighted by atomic mass is 9.91. The molecule has 1 aromatic heterocycles. The lowest BCUT2D eigenvalue weighted by molar-refractivity contribution is -0.134. The van der Waals surface area contributed by atoms with Crippen LogP contribution in [-0.4, -0.2) is 39.8 Å². The van der Waals surface area contributed by atoms with Gasteiger partial charge in [0.25, 0.3) is 0 Å². The molecular weight excluding hydrogens is 393 g/mol. The first-order valence-corrected chi connectivity index (χ1v) is 9.84. The Labute approximate surface area is 171 Å². The Bertz CT molecular complexity index is 1080. The van der Waals surface area contributed by atoms with Crippen LogP contribution < -0.4 is 5.73 Å². The Balaban J connectivity index is 1.43. The zero-order valence-corrected chi connectivity index (χ0v) is 16.3. The number of nitrogens with two attached hydrogens (primary N) is 1. The lowest BCUT2D eigenvalue weighted by Gasteiger charge is -2.27. The summed E-state index contributed by atoms with van der Waals surface area (Å²) in [5.41, 5.74) is 5.90. The van der Waals surface area contributed by atoms with Gasteiger partial charge in [0.05, 0.1) is 17.5 Å². The number of carbonyl (C=O) groups excluding carboxylic acids is 2. The zero-order chi connectivity index (χ0) is 20.4. The van der Waals surface area contributed by atoms with E-state index in [4.69, 9.17) is 22.7 Å². The summed E-state index contributed by atoms with van der Waals surface area (Å²) in [6, 6.07) is 6.33. The zero-order valence-electron chi connectivity index (χ0n) is 15.5. The van der Waals surface area contributed by atoms with Crippen molar-refractivity contribution in [3.8, 4) is 0 Å². The van der Waals surface area contributed by atoms with Crippen molar-refractivity contribution in [1.82, 2.24) is 9.88 Å². The number of esters is 1. The van der Waals surface area contributed by atoms with Crippen LogP contribution in [0.2, 0.25) is 0 Å². The van der Waals surface area contributed by atoms with E-state index in [0.29, 0.717) is 42.5 Å². The predicted octanol–water partition coefficient (Wildman–Crippen LogP) is 2.18. The van der Waals surface area contributed by atoms with E-state index >= 15 is 0 Å². The van der Waals surface area contributed by atoms with Gasteiger partial charge in [0.1, 0.15) is 10.8 Å². The highest BCUT2D eigenvalue weighted by Gasteiger charge is 2.58.